The lowest BCUT2D eigenvalue weighted by Gasteiger charge is -2.26. The fraction of sp³-hybridized carbons (Fsp3) is 0.379. The van der Waals surface area contributed by atoms with Crippen molar-refractivity contribution in [1.29, 1.82) is 0 Å². The molecule has 8 atom stereocenters. The highest BCUT2D eigenvalue weighted by atomic mass is 19.1. The predicted molar refractivity (Wildman–Crippen MR) is 150 cm³/mol. The van der Waals surface area contributed by atoms with E-state index in [1.54, 1.807) is 36.4 Å². The molecule has 0 unspecified atom stereocenters. The van der Waals surface area contributed by atoms with Gasteiger partial charge in [-0.15, -0.1) is 0 Å². The number of aromatic amines is 1. The topological polar surface area (TPSA) is 184 Å². The van der Waals surface area contributed by atoms with E-state index in [9.17, 15) is 19.2 Å². The maximum absolute atomic E-state index is 15.9. The van der Waals surface area contributed by atoms with Crippen LogP contribution in [0.3, 0.4) is 0 Å². The first-order valence-electron chi connectivity index (χ1n) is 13.8. The van der Waals surface area contributed by atoms with E-state index in [0.29, 0.717) is 0 Å². The molecule has 2 aliphatic rings. The number of carbonyl (C=O) groups is 2. The largest absolute Gasteiger partial charge is 0.459 e. The van der Waals surface area contributed by atoms with Gasteiger partial charge in [0.2, 0.25) is 0 Å². The second-order valence-corrected chi connectivity index (χ2v) is 10.1. The van der Waals surface area contributed by atoms with Crippen LogP contribution in [0, 0.1) is 0 Å². The number of rotatable bonds is 11. The minimum atomic E-state index is -2.13. The van der Waals surface area contributed by atoms with Crippen LogP contribution in [0.15, 0.2) is 87.6 Å². The summed E-state index contributed by atoms with van der Waals surface area (Å²) in [5.74, 6) is -1.60. The van der Waals surface area contributed by atoms with Gasteiger partial charge in [-0.05, 0) is 29.8 Å². The number of benzene rings is 2. The summed E-state index contributed by atoms with van der Waals surface area (Å²) in [7, 11) is 0. The Morgan fingerprint density at radius 3 is 2.33 bits per heavy atom. The van der Waals surface area contributed by atoms with Crippen LogP contribution < -0.4 is 11.2 Å². The van der Waals surface area contributed by atoms with Gasteiger partial charge >= 0.3 is 17.6 Å². The highest BCUT2D eigenvalue weighted by Gasteiger charge is 2.51. The number of hydrogen-bond donors (Lipinski definition) is 1. The number of nitrogens with zero attached hydrogens (tertiary/aromatic N) is 4. The molecule has 2 aliphatic heterocycles. The van der Waals surface area contributed by atoms with Gasteiger partial charge in [-0.1, -0.05) is 41.5 Å². The van der Waals surface area contributed by atoms with Crippen molar-refractivity contribution < 1.29 is 42.1 Å². The zero-order valence-corrected chi connectivity index (χ0v) is 23.4. The fourth-order valence-electron chi connectivity index (χ4n) is 4.95. The second kappa shape index (κ2) is 14.3. The fourth-order valence-corrected chi connectivity index (χ4v) is 4.95. The van der Waals surface area contributed by atoms with Gasteiger partial charge < -0.3 is 23.7 Å². The van der Waals surface area contributed by atoms with Gasteiger partial charge in [0.15, 0.2) is 24.8 Å². The molecule has 5 rings (SSSR count). The molecule has 1 N–H and O–H groups in total. The summed E-state index contributed by atoms with van der Waals surface area (Å²) >= 11 is 0. The summed E-state index contributed by atoms with van der Waals surface area (Å²) in [6.45, 7) is -0.971. The lowest BCUT2D eigenvalue weighted by molar-refractivity contribution is -0.206. The standard InChI is InChI=1S/C29H27F2N5O9/c30-18-13-19(42-25(18)36-12-11-22(37)34-29(36)40)20(14-33-35-32)43-28-23(31)24(45-27(39)17-9-5-2-6-10-17)21(44-28)15-41-26(38)16-7-3-1-4-8-16/h1-12,18-21,23-25,28H,13-15H2,(H,34,37,40)/t18-,19+,20-,21-,23+,24-,25-,28-/m1/s1. The van der Waals surface area contributed by atoms with Crippen molar-refractivity contribution in [2.24, 2.45) is 5.11 Å². The Balaban J connectivity index is 1.33. The van der Waals surface area contributed by atoms with Gasteiger partial charge in [-0.2, -0.15) is 0 Å². The molecule has 2 aromatic carbocycles. The van der Waals surface area contributed by atoms with E-state index in [1.807, 2.05) is 4.98 Å². The van der Waals surface area contributed by atoms with E-state index in [1.165, 1.54) is 24.3 Å². The Labute approximate surface area is 253 Å². The number of alkyl halides is 2. The SMILES string of the molecule is [N-]=[N+]=NC[C@@H](O[C@@H]1O[C@H](COC(=O)c2ccccc2)[C@@H](OC(=O)c2ccccc2)[C@@H]1F)[C@@H]1C[C@@H](F)[C@H](n2ccc(=O)[nH]c2=O)O1. The van der Waals surface area contributed by atoms with Gasteiger partial charge in [0.05, 0.1) is 29.9 Å². The highest BCUT2D eigenvalue weighted by Crippen LogP contribution is 2.36. The number of azide groups is 1. The first-order valence-corrected chi connectivity index (χ1v) is 13.8. The lowest BCUT2D eigenvalue weighted by Crippen LogP contribution is -2.40. The minimum absolute atomic E-state index is 0.132. The molecule has 236 valence electrons. The zero-order valence-electron chi connectivity index (χ0n) is 23.4. The molecule has 0 aliphatic carbocycles. The number of H-pyrrole nitrogens is 1. The van der Waals surface area contributed by atoms with Crippen LogP contribution in [0.4, 0.5) is 8.78 Å². The van der Waals surface area contributed by atoms with Crippen LogP contribution in [-0.2, 0) is 23.7 Å². The summed E-state index contributed by atoms with van der Waals surface area (Å²) < 4.78 is 59.9. The summed E-state index contributed by atoms with van der Waals surface area (Å²) in [5, 5.41) is 3.46. The maximum atomic E-state index is 15.9. The predicted octanol–water partition coefficient (Wildman–Crippen LogP) is 3.00. The van der Waals surface area contributed by atoms with Crippen molar-refractivity contribution in [3.05, 3.63) is 115 Å². The number of nitrogens with one attached hydrogen (secondary N) is 1. The number of esters is 2. The summed E-state index contributed by atoms with van der Waals surface area (Å²) in [6, 6.07) is 16.8. The number of aromatic nitrogens is 2. The van der Waals surface area contributed by atoms with Crippen molar-refractivity contribution in [2.75, 3.05) is 13.2 Å². The van der Waals surface area contributed by atoms with E-state index in [-0.39, 0.29) is 17.5 Å². The van der Waals surface area contributed by atoms with Crippen LogP contribution in [0.1, 0.15) is 33.4 Å². The molecule has 0 amide bonds. The molecule has 3 heterocycles. The Morgan fingerprint density at radius 2 is 1.69 bits per heavy atom. The number of hydrogen-bond acceptors (Lipinski definition) is 10. The molecule has 14 nitrogen and oxygen atoms in total. The van der Waals surface area contributed by atoms with Crippen LogP contribution in [0.2, 0.25) is 0 Å². The Bertz CT molecular complexity index is 1650. The monoisotopic (exact) mass is 627 g/mol. The van der Waals surface area contributed by atoms with Crippen molar-refractivity contribution >= 4 is 11.9 Å². The summed E-state index contributed by atoms with van der Waals surface area (Å²) in [6.07, 6.45) is -11.8. The minimum Gasteiger partial charge on any atom is -0.459 e. The summed E-state index contributed by atoms with van der Waals surface area (Å²) in [5.41, 5.74) is 7.67. The van der Waals surface area contributed by atoms with Gasteiger partial charge in [0.1, 0.15) is 18.9 Å². The molecule has 2 fully saturated rings. The van der Waals surface area contributed by atoms with E-state index in [2.05, 4.69) is 10.0 Å². The zero-order chi connectivity index (χ0) is 31.9. The molecule has 3 aromatic rings. The van der Waals surface area contributed by atoms with Crippen molar-refractivity contribution in [3.8, 4) is 0 Å². The van der Waals surface area contributed by atoms with E-state index in [0.717, 1.165) is 16.8 Å². The molecule has 0 bridgehead atoms. The van der Waals surface area contributed by atoms with Gasteiger partial charge in [-0.25, -0.2) is 23.2 Å². The molecule has 0 spiro atoms. The van der Waals surface area contributed by atoms with Gasteiger partial charge in [0, 0.05) is 23.6 Å². The Kier molecular flexibility index (Phi) is 9.99. The number of carbonyl (C=O) groups excluding carboxylic acids is 2. The molecule has 2 saturated heterocycles. The third kappa shape index (κ3) is 7.44. The number of halogens is 2. The van der Waals surface area contributed by atoms with Crippen molar-refractivity contribution in [1.82, 2.24) is 9.55 Å². The third-order valence-corrected chi connectivity index (χ3v) is 7.14. The number of ether oxygens (including phenoxy) is 5. The molecular weight excluding hydrogens is 600 g/mol. The van der Waals surface area contributed by atoms with Crippen molar-refractivity contribution in [2.45, 2.75) is 55.7 Å². The van der Waals surface area contributed by atoms with Gasteiger partial charge in [0.25, 0.3) is 5.56 Å². The van der Waals surface area contributed by atoms with E-state index >= 15 is 8.78 Å². The molecular formula is C29H27F2N5O9. The third-order valence-electron chi connectivity index (χ3n) is 7.14. The molecule has 1 aromatic heterocycles. The summed E-state index contributed by atoms with van der Waals surface area (Å²) in [4.78, 5) is 53.7. The second-order valence-electron chi connectivity index (χ2n) is 10.1. The highest BCUT2D eigenvalue weighted by molar-refractivity contribution is 5.90. The van der Waals surface area contributed by atoms with E-state index in [4.69, 9.17) is 29.2 Å². The smallest absolute Gasteiger partial charge is 0.338 e. The first kappa shape index (κ1) is 31.5. The lowest BCUT2D eigenvalue weighted by atomic mass is 10.1. The van der Waals surface area contributed by atoms with Crippen LogP contribution in [0.5, 0.6) is 0 Å². The van der Waals surface area contributed by atoms with E-state index < -0.39 is 85.6 Å². The van der Waals surface area contributed by atoms with Gasteiger partial charge in [-0.3, -0.25) is 14.3 Å². The quantitative estimate of drug-likeness (QED) is 0.144. The average molecular weight is 628 g/mol. The van der Waals surface area contributed by atoms with Crippen molar-refractivity contribution in [3.63, 3.8) is 0 Å². The Hall–Kier alpha value is -4.89. The first-order chi connectivity index (χ1) is 21.7. The maximum Gasteiger partial charge on any atom is 0.338 e. The average Bonchev–Trinajstić information content (AvgIpc) is 3.57. The Morgan fingerprint density at radius 1 is 1.02 bits per heavy atom. The molecule has 16 heteroatoms. The normalized spacial score (nSPS) is 26.5. The van der Waals surface area contributed by atoms with Crippen LogP contribution >= 0.6 is 0 Å². The van der Waals surface area contributed by atoms with Crippen LogP contribution in [-0.4, -0.2) is 77.7 Å². The molecule has 45 heavy (non-hydrogen) atoms. The molecule has 0 radical (unpaired) electrons. The molecule has 0 saturated carbocycles. The van der Waals surface area contributed by atoms with Crippen LogP contribution in [0.25, 0.3) is 10.4 Å².